The van der Waals surface area contributed by atoms with Gasteiger partial charge in [0.25, 0.3) is 0 Å². The van der Waals surface area contributed by atoms with E-state index in [2.05, 4.69) is 30.4 Å². The van der Waals surface area contributed by atoms with Crippen molar-refractivity contribution in [3.63, 3.8) is 0 Å². The molecule has 1 aliphatic rings. The van der Waals surface area contributed by atoms with E-state index in [0.29, 0.717) is 10.6 Å². The van der Waals surface area contributed by atoms with Crippen LogP contribution >= 0.6 is 11.6 Å². The number of halogens is 1. The van der Waals surface area contributed by atoms with Gasteiger partial charge in [0.15, 0.2) is 0 Å². The molecule has 0 aliphatic carbocycles. The smallest absolute Gasteiger partial charge is 0.122 e. The van der Waals surface area contributed by atoms with Gasteiger partial charge in [0.1, 0.15) is 11.8 Å². The van der Waals surface area contributed by atoms with Gasteiger partial charge in [-0.1, -0.05) is 17.7 Å². The largest absolute Gasteiger partial charge is 0.493 e. The topological polar surface area (TPSA) is 45.0 Å². The fraction of sp³-hybridized carbons (Fsp3) is 0.235. The Kier molecular flexibility index (Phi) is 3.72. The third-order valence-electron chi connectivity index (χ3n) is 3.69. The summed E-state index contributed by atoms with van der Waals surface area (Å²) in [7, 11) is 0. The quantitative estimate of drug-likeness (QED) is 0.918. The van der Waals surface area contributed by atoms with E-state index in [1.807, 2.05) is 6.07 Å². The summed E-state index contributed by atoms with van der Waals surface area (Å²) in [6.07, 6.45) is 0.955. The Balaban J connectivity index is 1.85. The Morgan fingerprint density at radius 2 is 2.14 bits per heavy atom. The molecule has 4 heteroatoms. The second kappa shape index (κ2) is 5.67. The Morgan fingerprint density at radius 1 is 1.29 bits per heavy atom. The van der Waals surface area contributed by atoms with Crippen LogP contribution in [0.3, 0.4) is 0 Å². The standard InChI is InChI=1S/C17H15ClN2O/c1-11(12-3-5-17-13(8-12)6-7-21-17)20-16-9-15(18)4-2-14(16)10-19/h2-5,8-9,11,20H,6-7H2,1H3. The minimum Gasteiger partial charge on any atom is -0.493 e. The van der Waals surface area contributed by atoms with Gasteiger partial charge in [-0.2, -0.15) is 5.26 Å². The molecule has 1 heterocycles. The third kappa shape index (κ3) is 2.81. The molecule has 0 fully saturated rings. The van der Waals surface area contributed by atoms with Crippen molar-refractivity contribution < 1.29 is 4.74 Å². The maximum atomic E-state index is 9.17. The summed E-state index contributed by atoms with van der Waals surface area (Å²) in [5.74, 6) is 0.978. The van der Waals surface area contributed by atoms with Crippen molar-refractivity contribution in [3.8, 4) is 11.8 Å². The van der Waals surface area contributed by atoms with Crippen LogP contribution in [-0.4, -0.2) is 6.61 Å². The summed E-state index contributed by atoms with van der Waals surface area (Å²) >= 11 is 6.01. The lowest BCUT2D eigenvalue weighted by Gasteiger charge is -2.17. The number of anilines is 1. The summed E-state index contributed by atoms with van der Waals surface area (Å²) in [6.45, 7) is 2.83. The number of ether oxygens (including phenoxy) is 1. The molecule has 2 aromatic rings. The molecule has 1 unspecified atom stereocenters. The summed E-state index contributed by atoms with van der Waals surface area (Å²) in [6, 6.07) is 13.7. The molecule has 0 bridgehead atoms. The van der Waals surface area contributed by atoms with Gasteiger partial charge in [-0.3, -0.25) is 0 Å². The van der Waals surface area contributed by atoms with Crippen LogP contribution in [0.15, 0.2) is 36.4 Å². The number of nitrogens with zero attached hydrogens (tertiary/aromatic N) is 1. The number of fused-ring (bicyclic) bond motifs is 1. The summed E-state index contributed by atoms with van der Waals surface area (Å²) in [5.41, 5.74) is 3.76. The van der Waals surface area contributed by atoms with Gasteiger partial charge in [0.2, 0.25) is 0 Å². The first-order valence-electron chi connectivity index (χ1n) is 6.89. The van der Waals surface area contributed by atoms with Gasteiger partial charge in [-0.15, -0.1) is 0 Å². The van der Waals surface area contributed by atoms with Crippen LogP contribution < -0.4 is 10.1 Å². The van der Waals surface area contributed by atoms with Crippen molar-refractivity contribution in [1.82, 2.24) is 0 Å². The molecule has 3 rings (SSSR count). The van der Waals surface area contributed by atoms with Gasteiger partial charge >= 0.3 is 0 Å². The number of nitrogens with one attached hydrogen (secondary N) is 1. The molecule has 1 N–H and O–H groups in total. The third-order valence-corrected chi connectivity index (χ3v) is 3.92. The second-order valence-corrected chi connectivity index (χ2v) is 5.57. The van der Waals surface area contributed by atoms with E-state index in [4.69, 9.17) is 21.6 Å². The zero-order valence-corrected chi connectivity index (χ0v) is 12.4. The van der Waals surface area contributed by atoms with Crippen molar-refractivity contribution in [3.05, 3.63) is 58.1 Å². The van der Waals surface area contributed by atoms with Gasteiger partial charge in [-0.05, 0) is 48.4 Å². The number of rotatable bonds is 3. The van der Waals surface area contributed by atoms with E-state index in [-0.39, 0.29) is 6.04 Å². The van der Waals surface area contributed by atoms with Gasteiger partial charge in [0.05, 0.1) is 17.9 Å². The number of hydrogen-bond acceptors (Lipinski definition) is 3. The van der Waals surface area contributed by atoms with Gasteiger partial charge in [-0.25, -0.2) is 0 Å². The Morgan fingerprint density at radius 3 is 2.95 bits per heavy atom. The Hall–Kier alpha value is -2.18. The molecule has 106 valence electrons. The lowest BCUT2D eigenvalue weighted by Crippen LogP contribution is -2.08. The van der Waals surface area contributed by atoms with Crippen molar-refractivity contribution in [2.24, 2.45) is 0 Å². The van der Waals surface area contributed by atoms with Crippen LogP contribution in [-0.2, 0) is 6.42 Å². The van der Waals surface area contributed by atoms with E-state index in [1.165, 1.54) is 11.1 Å². The van der Waals surface area contributed by atoms with Crippen LogP contribution in [0.5, 0.6) is 5.75 Å². The molecule has 0 aromatic heterocycles. The van der Waals surface area contributed by atoms with E-state index < -0.39 is 0 Å². The van der Waals surface area contributed by atoms with E-state index in [0.717, 1.165) is 24.5 Å². The zero-order valence-electron chi connectivity index (χ0n) is 11.7. The van der Waals surface area contributed by atoms with E-state index in [9.17, 15) is 0 Å². The minimum atomic E-state index is 0.0847. The molecule has 1 aliphatic heterocycles. The molecule has 1 atom stereocenters. The van der Waals surface area contributed by atoms with E-state index >= 15 is 0 Å². The lowest BCUT2D eigenvalue weighted by atomic mass is 10.0. The SMILES string of the molecule is CC(Nc1cc(Cl)ccc1C#N)c1ccc2c(c1)CCO2. The van der Waals surface area contributed by atoms with Gasteiger partial charge < -0.3 is 10.1 Å². The molecule has 0 saturated heterocycles. The molecule has 0 spiro atoms. The van der Waals surface area contributed by atoms with Crippen molar-refractivity contribution in [1.29, 1.82) is 5.26 Å². The van der Waals surface area contributed by atoms with E-state index in [1.54, 1.807) is 18.2 Å². The second-order valence-electron chi connectivity index (χ2n) is 5.13. The summed E-state index contributed by atoms with van der Waals surface area (Å²) < 4.78 is 5.52. The van der Waals surface area contributed by atoms with Crippen LogP contribution in [0.2, 0.25) is 5.02 Å². The summed E-state index contributed by atoms with van der Waals surface area (Å²) in [5, 5.41) is 13.1. The Labute approximate surface area is 129 Å². The normalized spacial score (nSPS) is 14.0. The average Bonchev–Trinajstić information content (AvgIpc) is 2.94. The molecular weight excluding hydrogens is 284 g/mol. The number of hydrogen-bond donors (Lipinski definition) is 1. The molecule has 3 nitrogen and oxygen atoms in total. The first kappa shape index (κ1) is 13.8. The molecule has 0 saturated carbocycles. The van der Waals surface area contributed by atoms with Crippen LogP contribution in [0.4, 0.5) is 5.69 Å². The molecule has 0 amide bonds. The van der Waals surface area contributed by atoms with Crippen molar-refractivity contribution in [2.75, 3.05) is 11.9 Å². The summed E-state index contributed by atoms with van der Waals surface area (Å²) in [4.78, 5) is 0. The number of nitriles is 1. The monoisotopic (exact) mass is 298 g/mol. The molecule has 0 radical (unpaired) electrons. The fourth-order valence-electron chi connectivity index (χ4n) is 2.53. The molecular formula is C17H15ClN2O. The maximum absolute atomic E-state index is 9.17. The number of benzene rings is 2. The predicted molar refractivity (Wildman–Crippen MR) is 83.8 cm³/mol. The lowest BCUT2D eigenvalue weighted by molar-refractivity contribution is 0.357. The van der Waals surface area contributed by atoms with Crippen LogP contribution in [0, 0.1) is 11.3 Å². The molecule has 21 heavy (non-hydrogen) atoms. The highest BCUT2D eigenvalue weighted by atomic mass is 35.5. The molecule has 2 aromatic carbocycles. The highest BCUT2D eigenvalue weighted by Crippen LogP contribution is 2.30. The fourth-order valence-corrected chi connectivity index (χ4v) is 2.70. The van der Waals surface area contributed by atoms with Crippen molar-refractivity contribution >= 4 is 17.3 Å². The highest BCUT2D eigenvalue weighted by molar-refractivity contribution is 6.30. The van der Waals surface area contributed by atoms with Crippen LogP contribution in [0.25, 0.3) is 0 Å². The average molecular weight is 299 g/mol. The van der Waals surface area contributed by atoms with Gasteiger partial charge in [0, 0.05) is 17.5 Å². The predicted octanol–water partition coefficient (Wildman–Crippen LogP) is 4.32. The highest BCUT2D eigenvalue weighted by Gasteiger charge is 2.15. The first-order valence-corrected chi connectivity index (χ1v) is 7.27. The van der Waals surface area contributed by atoms with Crippen molar-refractivity contribution in [2.45, 2.75) is 19.4 Å². The first-order chi connectivity index (χ1) is 10.2. The minimum absolute atomic E-state index is 0.0847. The maximum Gasteiger partial charge on any atom is 0.122 e. The zero-order chi connectivity index (χ0) is 14.8. The Bertz CT molecular complexity index is 721. The van der Waals surface area contributed by atoms with Crippen LogP contribution in [0.1, 0.15) is 29.7 Å².